The molecule has 1 unspecified atom stereocenters. The van der Waals surface area contributed by atoms with Gasteiger partial charge in [0.05, 0.1) is 19.3 Å². The topological polar surface area (TPSA) is 38.8 Å². The molecule has 1 aromatic rings. The molecule has 2 aliphatic rings. The molecule has 1 atom stereocenters. The fourth-order valence-electron chi connectivity index (χ4n) is 3.13. The third-order valence-corrected chi connectivity index (χ3v) is 4.53. The Morgan fingerprint density at radius 1 is 1.14 bits per heavy atom. The number of carbonyl (C=O) groups excluding carboxylic acids is 1. The van der Waals surface area contributed by atoms with Crippen LogP contribution in [0.25, 0.3) is 0 Å². The van der Waals surface area contributed by atoms with Gasteiger partial charge in [-0.15, -0.1) is 0 Å². The first-order chi connectivity index (χ1) is 10.2. The highest BCUT2D eigenvalue weighted by atomic mass is 16.7. The molecule has 114 valence electrons. The Balaban J connectivity index is 1.81. The van der Waals surface area contributed by atoms with E-state index in [0.717, 1.165) is 36.9 Å². The van der Waals surface area contributed by atoms with Crippen LogP contribution in [0, 0.1) is 13.8 Å². The van der Waals surface area contributed by atoms with E-state index >= 15 is 0 Å². The number of likely N-dealkylation sites (tertiary alicyclic amines) is 1. The number of nitrogens with zero attached hydrogens (tertiary/aromatic N) is 1. The maximum absolute atomic E-state index is 12.8. The summed E-state index contributed by atoms with van der Waals surface area (Å²) in [6.45, 7) is 6.16. The molecule has 1 aromatic carbocycles. The van der Waals surface area contributed by atoms with Crippen LogP contribution in [0.3, 0.4) is 0 Å². The van der Waals surface area contributed by atoms with E-state index in [0.29, 0.717) is 13.2 Å². The third-order valence-electron chi connectivity index (χ3n) is 4.53. The molecule has 4 nitrogen and oxygen atoms in total. The minimum atomic E-state index is -0.249. The number of hydrogen-bond donors (Lipinski definition) is 0. The van der Waals surface area contributed by atoms with Crippen molar-refractivity contribution in [1.29, 1.82) is 0 Å². The quantitative estimate of drug-likeness (QED) is 0.840. The van der Waals surface area contributed by atoms with Gasteiger partial charge >= 0.3 is 0 Å². The van der Waals surface area contributed by atoms with Crippen molar-refractivity contribution in [2.45, 2.75) is 45.4 Å². The molecule has 3 rings (SSSR count). The molecule has 0 aromatic heterocycles. The zero-order chi connectivity index (χ0) is 14.8. The van der Waals surface area contributed by atoms with Crippen molar-refractivity contribution in [1.82, 2.24) is 4.90 Å². The lowest BCUT2D eigenvalue weighted by atomic mass is 9.99. The fraction of sp³-hybridized carbons (Fsp3) is 0.588. The van der Waals surface area contributed by atoms with Crippen molar-refractivity contribution in [3.63, 3.8) is 0 Å². The predicted molar refractivity (Wildman–Crippen MR) is 80.3 cm³/mol. The summed E-state index contributed by atoms with van der Waals surface area (Å²) in [5, 5.41) is 0. The molecule has 1 amide bonds. The lowest BCUT2D eigenvalue weighted by molar-refractivity contribution is -0.100. The van der Waals surface area contributed by atoms with Crippen LogP contribution in [0.1, 0.15) is 40.7 Å². The number of carbonyl (C=O) groups is 1. The minimum absolute atomic E-state index is 0.0513. The number of piperidine rings is 1. The molecule has 0 radical (unpaired) electrons. The van der Waals surface area contributed by atoms with E-state index in [1.54, 1.807) is 0 Å². The van der Waals surface area contributed by atoms with Crippen LogP contribution < -0.4 is 0 Å². The Labute approximate surface area is 126 Å². The van der Waals surface area contributed by atoms with E-state index in [2.05, 4.69) is 6.92 Å². The van der Waals surface area contributed by atoms with Crippen molar-refractivity contribution in [2.75, 3.05) is 19.8 Å². The summed E-state index contributed by atoms with van der Waals surface area (Å²) in [6.07, 6.45) is 2.90. The number of ether oxygens (including phenoxy) is 2. The zero-order valence-electron chi connectivity index (χ0n) is 12.8. The second-order valence-corrected chi connectivity index (χ2v) is 5.97. The smallest absolute Gasteiger partial charge is 0.254 e. The number of benzene rings is 1. The summed E-state index contributed by atoms with van der Waals surface area (Å²) in [5.74, 6) is 0.0990. The van der Waals surface area contributed by atoms with Crippen LogP contribution in [-0.2, 0) is 9.47 Å². The molecule has 0 saturated carbocycles. The first kappa shape index (κ1) is 14.5. The van der Waals surface area contributed by atoms with Gasteiger partial charge in [0.2, 0.25) is 0 Å². The van der Waals surface area contributed by atoms with Crippen LogP contribution >= 0.6 is 0 Å². The molecule has 2 heterocycles. The van der Waals surface area contributed by atoms with Crippen molar-refractivity contribution < 1.29 is 14.3 Å². The molecule has 0 bridgehead atoms. The van der Waals surface area contributed by atoms with Crippen molar-refractivity contribution in [3.05, 3.63) is 34.9 Å². The number of amides is 1. The van der Waals surface area contributed by atoms with Gasteiger partial charge < -0.3 is 14.4 Å². The van der Waals surface area contributed by atoms with Crippen LogP contribution in [0.4, 0.5) is 0 Å². The van der Waals surface area contributed by atoms with Gasteiger partial charge in [-0.2, -0.15) is 0 Å². The van der Waals surface area contributed by atoms with Crippen LogP contribution in [-0.4, -0.2) is 42.9 Å². The normalized spacial score (nSPS) is 23.5. The van der Waals surface area contributed by atoms with Gasteiger partial charge in [0.1, 0.15) is 0 Å². The highest BCUT2D eigenvalue weighted by molar-refractivity contribution is 5.94. The van der Waals surface area contributed by atoms with E-state index < -0.39 is 0 Å². The van der Waals surface area contributed by atoms with Gasteiger partial charge in [-0.05, 0) is 56.4 Å². The second kappa shape index (κ2) is 6.16. The molecule has 0 spiro atoms. The summed E-state index contributed by atoms with van der Waals surface area (Å²) < 4.78 is 11.3. The molecule has 4 heteroatoms. The monoisotopic (exact) mass is 289 g/mol. The van der Waals surface area contributed by atoms with E-state index in [1.807, 2.05) is 30.0 Å². The standard InChI is InChI=1S/C17H23NO3/c1-12-6-7-14(11-13(12)2)16(19)18-8-4-3-5-15(18)17-20-9-10-21-17/h6-7,11,15,17H,3-5,8-10H2,1-2H3. The largest absolute Gasteiger partial charge is 0.348 e. The fourth-order valence-corrected chi connectivity index (χ4v) is 3.13. The first-order valence-electron chi connectivity index (χ1n) is 7.78. The lowest BCUT2D eigenvalue weighted by Gasteiger charge is -2.38. The maximum Gasteiger partial charge on any atom is 0.254 e. The number of aryl methyl sites for hydroxylation is 2. The molecule has 2 fully saturated rings. The van der Waals surface area contributed by atoms with Gasteiger partial charge in [0.25, 0.3) is 5.91 Å². The summed E-state index contributed by atoms with van der Waals surface area (Å²) in [6, 6.07) is 5.98. The van der Waals surface area contributed by atoms with Gasteiger partial charge in [0.15, 0.2) is 6.29 Å². The van der Waals surface area contributed by atoms with Crippen LogP contribution in [0.5, 0.6) is 0 Å². The first-order valence-corrected chi connectivity index (χ1v) is 7.78. The average molecular weight is 289 g/mol. The molecular formula is C17H23NO3. The minimum Gasteiger partial charge on any atom is -0.348 e. The second-order valence-electron chi connectivity index (χ2n) is 5.97. The zero-order valence-corrected chi connectivity index (χ0v) is 12.8. The molecule has 2 aliphatic heterocycles. The van der Waals surface area contributed by atoms with E-state index in [-0.39, 0.29) is 18.2 Å². The summed E-state index contributed by atoms with van der Waals surface area (Å²) in [7, 11) is 0. The van der Waals surface area contributed by atoms with Crippen molar-refractivity contribution >= 4 is 5.91 Å². The highest BCUT2D eigenvalue weighted by Crippen LogP contribution is 2.26. The maximum atomic E-state index is 12.8. The lowest BCUT2D eigenvalue weighted by Crippen LogP contribution is -2.50. The SMILES string of the molecule is Cc1ccc(C(=O)N2CCCCC2C2OCCO2)cc1C. The van der Waals surface area contributed by atoms with Crippen molar-refractivity contribution in [2.24, 2.45) is 0 Å². The van der Waals surface area contributed by atoms with Crippen LogP contribution in [0.15, 0.2) is 18.2 Å². The molecule has 0 N–H and O–H groups in total. The molecular weight excluding hydrogens is 266 g/mol. The Kier molecular flexibility index (Phi) is 4.27. The Bertz CT molecular complexity index is 523. The number of hydrogen-bond acceptors (Lipinski definition) is 3. The number of rotatable bonds is 2. The van der Waals surface area contributed by atoms with Gasteiger partial charge in [-0.25, -0.2) is 0 Å². The third kappa shape index (κ3) is 2.97. The molecule has 0 aliphatic carbocycles. The summed E-state index contributed by atoms with van der Waals surface area (Å²) in [5.41, 5.74) is 3.13. The molecule has 2 saturated heterocycles. The van der Waals surface area contributed by atoms with Crippen LogP contribution in [0.2, 0.25) is 0 Å². The Morgan fingerprint density at radius 3 is 2.62 bits per heavy atom. The Hall–Kier alpha value is -1.39. The highest BCUT2D eigenvalue weighted by Gasteiger charge is 2.36. The summed E-state index contributed by atoms with van der Waals surface area (Å²) in [4.78, 5) is 14.8. The van der Waals surface area contributed by atoms with Gasteiger partial charge in [0, 0.05) is 12.1 Å². The van der Waals surface area contributed by atoms with E-state index in [1.165, 1.54) is 5.56 Å². The van der Waals surface area contributed by atoms with E-state index in [4.69, 9.17) is 9.47 Å². The van der Waals surface area contributed by atoms with E-state index in [9.17, 15) is 4.79 Å². The average Bonchev–Trinajstić information content (AvgIpc) is 3.03. The predicted octanol–water partition coefficient (Wildman–Crippen LogP) is 2.67. The van der Waals surface area contributed by atoms with Gasteiger partial charge in [-0.3, -0.25) is 4.79 Å². The Morgan fingerprint density at radius 2 is 1.90 bits per heavy atom. The summed E-state index contributed by atoms with van der Waals surface area (Å²) >= 11 is 0. The van der Waals surface area contributed by atoms with Gasteiger partial charge in [-0.1, -0.05) is 6.07 Å². The van der Waals surface area contributed by atoms with Crippen molar-refractivity contribution in [3.8, 4) is 0 Å². The molecule has 21 heavy (non-hydrogen) atoms.